The molecule has 0 radical (unpaired) electrons. The first kappa shape index (κ1) is 13.2. The number of hydrogen-bond donors (Lipinski definition) is 0. The van der Waals surface area contributed by atoms with E-state index in [-0.39, 0.29) is 5.97 Å². The van der Waals surface area contributed by atoms with Crippen molar-refractivity contribution in [2.45, 2.75) is 52.4 Å². The summed E-state index contributed by atoms with van der Waals surface area (Å²) in [4.78, 5) is 10.8. The van der Waals surface area contributed by atoms with Gasteiger partial charge in [0.25, 0.3) is 0 Å². The van der Waals surface area contributed by atoms with E-state index >= 15 is 0 Å². The summed E-state index contributed by atoms with van der Waals surface area (Å²) in [6.07, 6.45) is 10.5. The average molecular weight is 198 g/mol. The molecule has 0 saturated carbocycles. The van der Waals surface area contributed by atoms with E-state index in [1.165, 1.54) is 6.42 Å². The van der Waals surface area contributed by atoms with Gasteiger partial charge in [-0.15, -0.1) is 0 Å². The number of esters is 1. The van der Waals surface area contributed by atoms with Crippen molar-refractivity contribution < 1.29 is 9.53 Å². The van der Waals surface area contributed by atoms with Crippen LogP contribution in [0.3, 0.4) is 0 Å². The largest absolute Gasteiger partial charge is 0.466 e. The summed E-state index contributed by atoms with van der Waals surface area (Å²) in [5, 5.41) is 0. The monoisotopic (exact) mass is 198 g/mol. The molecular weight excluding hydrogens is 176 g/mol. The second kappa shape index (κ2) is 10.3. The predicted molar refractivity (Wildman–Crippen MR) is 59.1 cm³/mol. The van der Waals surface area contributed by atoms with Gasteiger partial charge in [0, 0.05) is 6.42 Å². The van der Waals surface area contributed by atoms with Crippen LogP contribution in [0.2, 0.25) is 0 Å². The summed E-state index contributed by atoms with van der Waals surface area (Å²) in [6, 6.07) is 0. The van der Waals surface area contributed by atoms with Crippen LogP contribution in [0, 0.1) is 0 Å². The fraction of sp³-hybridized carbons (Fsp3) is 0.750. The number of ether oxygens (including phenoxy) is 1. The standard InChI is InChI=1S/C12H22O2/c1-3-5-6-7-8-9-10-11-14-12(13)4-2/h5-6H,3-4,7-11H2,1-2H3/b6-5-. The van der Waals surface area contributed by atoms with Gasteiger partial charge in [0.05, 0.1) is 6.61 Å². The predicted octanol–water partition coefficient (Wildman–Crippen LogP) is 3.47. The maximum Gasteiger partial charge on any atom is 0.305 e. The Kier molecular flexibility index (Phi) is 9.71. The third kappa shape index (κ3) is 9.30. The van der Waals surface area contributed by atoms with Crippen molar-refractivity contribution in [2.75, 3.05) is 6.61 Å². The number of allylic oxidation sites excluding steroid dienone is 2. The van der Waals surface area contributed by atoms with Crippen LogP contribution >= 0.6 is 0 Å². The molecule has 82 valence electrons. The topological polar surface area (TPSA) is 26.3 Å². The summed E-state index contributed by atoms with van der Waals surface area (Å²) >= 11 is 0. The first-order valence-corrected chi connectivity index (χ1v) is 5.61. The number of carbonyl (C=O) groups is 1. The van der Waals surface area contributed by atoms with Crippen LogP contribution < -0.4 is 0 Å². The van der Waals surface area contributed by atoms with E-state index in [1.54, 1.807) is 0 Å². The molecule has 0 fully saturated rings. The van der Waals surface area contributed by atoms with E-state index in [0.29, 0.717) is 13.0 Å². The maximum absolute atomic E-state index is 10.8. The molecule has 0 aliphatic rings. The fourth-order valence-corrected chi connectivity index (χ4v) is 1.11. The molecular formula is C12H22O2. The van der Waals surface area contributed by atoms with E-state index in [2.05, 4.69) is 19.1 Å². The van der Waals surface area contributed by atoms with E-state index < -0.39 is 0 Å². The molecule has 0 spiro atoms. The average Bonchev–Trinajstić information content (AvgIpc) is 2.21. The lowest BCUT2D eigenvalue weighted by Crippen LogP contribution is -2.03. The fourth-order valence-electron chi connectivity index (χ4n) is 1.11. The van der Waals surface area contributed by atoms with Gasteiger partial charge in [-0.2, -0.15) is 0 Å². The molecule has 0 aliphatic heterocycles. The van der Waals surface area contributed by atoms with Gasteiger partial charge in [0.2, 0.25) is 0 Å². The Morgan fingerprint density at radius 1 is 1.14 bits per heavy atom. The van der Waals surface area contributed by atoms with Crippen molar-refractivity contribution >= 4 is 5.97 Å². The molecule has 0 rings (SSSR count). The smallest absolute Gasteiger partial charge is 0.305 e. The first-order valence-electron chi connectivity index (χ1n) is 5.61. The van der Waals surface area contributed by atoms with Crippen molar-refractivity contribution in [3.05, 3.63) is 12.2 Å². The summed E-state index contributed by atoms with van der Waals surface area (Å²) in [6.45, 7) is 4.54. The van der Waals surface area contributed by atoms with Crippen LogP contribution in [-0.4, -0.2) is 12.6 Å². The first-order chi connectivity index (χ1) is 6.81. The minimum Gasteiger partial charge on any atom is -0.466 e. The van der Waals surface area contributed by atoms with Crippen molar-refractivity contribution in [3.63, 3.8) is 0 Å². The number of rotatable bonds is 8. The molecule has 0 atom stereocenters. The molecule has 0 bridgehead atoms. The Morgan fingerprint density at radius 3 is 2.57 bits per heavy atom. The van der Waals surface area contributed by atoms with E-state index in [9.17, 15) is 4.79 Å². The molecule has 0 N–H and O–H groups in total. The highest BCUT2D eigenvalue weighted by Gasteiger charge is 1.96. The molecule has 0 aromatic rings. The Morgan fingerprint density at radius 2 is 1.93 bits per heavy atom. The summed E-state index contributed by atoms with van der Waals surface area (Å²) in [5.41, 5.74) is 0. The second-order valence-electron chi connectivity index (χ2n) is 3.30. The number of unbranched alkanes of at least 4 members (excludes halogenated alkanes) is 3. The third-order valence-electron chi connectivity index (χ3n) is 1.97. The van der Waals surface area contributed by atoms with Gasteiger partial charge in [-0.05, 0) is 32.1 Å². The molecule has 0 saturated heterocycles. The Balaban J connectivity index is 3.06. The number of hydrogen-bond acceptors (Lipinski definition) is 2. The quantitative estimate of drug-likeness (QED) is 0.339. The summed E-state index contributed by atoms with van der Waals surface area (Å²) < 4.78 is 4.96. The van der Waals surface area contributed by atoms with Crippen LogP contribution in [0.25, 0.3) is 0 Å². The Labute approximate surface area is 87.3 Å². The highest BCUT2D eigenvalue weighted by molar-refractivity contribution is 5.68. The van der Waals surface area contributed by atoms with Gasteiger partial charge in [-0.1, -0.05) is 26.0 Å². The van der Waals surface area contributed by atoms with Crippen molar-refractivity contribution in [1.29, 1.82) is 0 Å². The zero-order valence-corrected chi connectivity index (χ0v) is 9.42. The molecule has 0 unspecified atom stereocenters. The molecule has 0 aliphatic carbocycles. The Bertz CT molecular complexity index is 162. The van der Waals surface area contributed by atoms with Gasteiger partial charge in [0.15, 0.2) is 0 Å². The minimum atomic E-state index is -0.0871. The summed E-state index contributed by atoms with van der Waals surface area (Å²) in [7, 11) is 0. The van der Waals surface area contributed by atoms with Crippen molar-refractivity contribution in [2.24, 2.45) is 0 Å². The van der Waals surface area contributed by atoms with Crippen LogP contribution in [0.15, 0.2) is 12.2 Å². The van der Waals surface area contributed by atoms with Gasteiger partial charge in [0.1, 0.15) is 0 Å². The molecule has 2 nitrogen and oxygen atoms in total. The van der Waals surface area contributed by atoms with E-state index in [1.807, 2.05) is 6.92 Å². The van der Waals surface area contributed by atoms with Gasteiger partial charge in [-0.3, -0.25) is 4.79 Å². The second-order valence-corrected chi connectivity index (χ2v) is 3.30. The SMILES string of the molecule is CC/C=C\CCCCCOC(=O)CC. The molecule has 0 aromatic carbocycles. The molecule has 14 heavy (non-hydrogen) atoms. The molecule has 0 amide bonds. The zero-order chi connectivity index (χ0) is 10.6. The lowest BCUT2D eigenvalue weighted by Gasteiger charge is -2.01. The highest BCUT2D eigenvalue weighted by atomic mass is 16.5. The van der Waals surface area contributed by atoms with Crippen LogP contribution in [0.4, 0.5) is 0 Å². The normalized spacial score (nSPS) is 10.7. The van der Waals surface area contributed by atoms with Gasteiger partial charge in [-0.25, -0.2) is 0 Å². The minimum absolute atomic E-state index is 0.0871. The maximum atomic E-state index is 10.8. The van der Waals surface area contributed by atoms with E-state index in [4.69, 9.17) is 4.74 Å². The third-order valence-corrected chi connectivity index (χ3v) is 1.97. The Hall–Kier alpha value is -0.790. The number of carbonyl (C=O) groups excluding carboxylic acids is 1. The van der Waals surface area contributed by atoms with Gasteiger partial charge >= 0.3 is 5.97 Å². The van der Waals surface area contributed by atoms with Gasteiger partial charge < -0.3 is 4.74 Å². The lowest BCUT2D eigenvalue weighted by molar-refractivity contribution is -0.143. The zero-order valence-electron chi connectivity index (χ0n) is 9.42. The van der Waals surface area contributed by atoms with E-state index in [0.717, 1.165) is 25.7 Å². The van der Waals surface area contributed by atoms with Crippen LogP contribution in [0.1, 0.15) is 52.4 Å². The molecule has 0 aromatic heterocycles. The van der Waals surface area contributed by atoms with Crippen LogP contribution in [-0.2, 0) is 9.53 Å². The van der Waals surface area contributed by atoms with Crippen LogP contribution in [0.5, 0.6) is 0 Å². The van der Waals surface area contributed by atoms with Crippen molar-refractivity contribution in [1.82, 2.24) is 0 Å². The highest BCUT2D eigenvalue weighted by Crippen LogP contribution is 2.01. The lowest BCUT2D eigenvalue weighted by atomic mass is 10.2. The van der Waals surface area contributed by atoms with Crippen molar-refractivity contribution in [3.8, 4) is 0 Å². The molecule has 2 heteroatoms. The molecule has 0 heterocycles. The summed E-state index contributed by atoms with van der Waals surface area (Å²) in [5.74, 6) is -0.0871.